The maximum atomic E-state index is 11.6. The average molecular weight is 356 g/mol. The van der Waals surface area contributed by atoms with Gasteiger partial charge in [0, 0.05) is 17.6 Å². The van der Waals surface area contributed by atoms with E-state index in [9.17, 15) is 9.90 Å². The molecule has 1 N–H and O–H groups in total. The van der Waals surface area contributed by atoms with E-state index in [2.05, 4.69) is 20.8 Å². The molecule has 0 aliphatic carbocycles. The number of hydrogen-bond acceptors (Lipinski definition) is 3. The van der Waals surface area contributed by atoms with E-state index in [-0.39, 0.29) is 5.92 Å². The van der Waals surface area contributed by atoms with E-state index in [4.69, 9.17) is 4.74 Å². The van der Waals surface area contributed by atoms with Gasteiger partial charge in [0.1, 0.15) is 12.4 Å². The van der Waals surface area contributed by atoms with Gasteiger partial charge < -0.3 is 9.84 Å². The molecule has 1 aliphatic rings. The van der Waals surface area contributed by atoms with E-state index < -0.39 is 11.4 Å². The minimum absolute atomic E-state index is 0.146. The van der Waals surface area contributed by atoms with Gasteiger partial charge in [0.05, 0.1) is 5.41 Å². The molecule has 1 fully saturated rings. The zero-order valence-electron chi connectivity index (χ0n) is 12.5. The molecule has 1 aromatic rings. The van der Waals surface area contributed by atoms with Crippen molar-refractivity contribution in [2.75, 3.05) is 26.2 Å². The number of aliphatic carboxylic acids is 1. The number of carboxylic acids is 1. The molecule has 116 valence electrons. The van der Waals surface area contributed by atoms with Crippen molar-refractivity contribution in [2.24, 2.45) is 11.3 Å². The van der Waals surface area contributed by atoms with E-state index >= 15 is 0 Å². The summed E-state index contributed by atoms with van der Waals surface area (Å²) in [5.74, 6) is 0.312. The van der Waals surface area contributed by atoms with Gasteiger partial charge in [-0.1, -0.05) is 29.8 Å². The molecule has 0 spiro atoms. The average Bonchev–Trinajstić information content (AvgIpc) is 2.87. The number of benzene rings is 1. The maximum absolute atomic E-state index is 11.6. The van der Waals surface area contributed by atoms with Crippen molar-refractivity contribution in [3.63, 3.8) is 0 Å². The van der Waals surface area contributed by atoms with Crippen LogP contribution in [-0.2, 0) is 4.79 Å². The number of likely N-dealkylation sites (tertiary alicyclic amines) is 1. The SMILES string of the molecule is CC(C)C1(C(=O)O)CCN(CCOc2ccc(Br)cc2)C1. The molecular formula is C16H22BrNO3. The second-order valence-electron chi connectivity index (χ2n) is 5.94. The van der Waals surface area contributed by atoms with Crippen molar-refractivity contribution in [1.82, 2.24) is 4.90 Å². The van der Waals surface area contributed by atoms with Gasteiger partial charge in [0.2, 0.25) is 0 Å². The van der Waals surface area contributed by atoms with Crippen molar-refractivity contribution in [3.05, 3.63) is 28.7 Å². The molecule has 2 rings (SSSR count). The van der Waals surface area contributed by atoms with Crippen LogP contribution in [0.15, 0.2) is 28.7 Å². The lowest BCUT2D eigenvalue weighted by Gasteiger charge is -2.28. The molecule has 0 saturated carbocycles. The topological polar surface area (TPSA) is 49.8 Å². The summed E-state index contributed by atoms with van der Waals surface area (Å²) >= 11 is 3.39. The monoisotopic (exact) mass is 355 g/mol. The number of carbonyl (C=O) groups is 1. The highest BCUT2D eigenvalue weighted by Crippen LogP contribution is 2.37. The van der Waals surface area contributed by atoms with Crippen LogP contribution in [0.25, 0.3) is 0 Å². The molecule has 5 heteroatoms. The van der Waals surface area contributed by atoms with Gasteiger partial charge in [-0.2, -0.15) is 0 Å². The van der Waals surface area contributed by atoms with Crippen LogP contribution in [0.3, 0.4) is 0 Å². The van der Waals surface area contributed by atoms with Crippen molar-refractivity contribution >= 4 is 21.9 Å². The van der Waals surface area contributed by atoms with E-state index in [0.717, 1.165) is 29.7 Å². The minimum atomic E-state index is -0.672. The summed E-state index contributed by atoms with van der Waals surface area (Å²) in [7, 11) is 0. The third kappa shape index (κ3) is 3.77. The number of hydrogen-bond donors (Lipinski definition) is 1. The van der Waals surface area contributed by atoms with E-state index in [1.165, 1.54) is 0 Å². The second-order valence-corrected chi connectivity index (χ2v) is 6.86. The maximum Gasteiger partial charge on any atom is 0.311 e. The molecule has 4 nitrogen and oxygen atoms in total. The van der Waals surface area contributed by atoms with Gasteiger partial charge >= 0.3 is 5.97 Å². The second kappa shape index (κ2) is 6.79. The summed E-state index contributed by atoms with van der Waals surface area (Å²) in [5.41, 5.74) is -0.600. The van der Waals surface area contributed by atoms with Crippen molar-refractivity contribution in [3.8, 4) is 5.75 Å². The van der Waals surface area contributed by atoms with E-state index in [1.807, 2.05) is 38.1 Å². The molecule has 1 heterocycles. The summed E-state index contributed by atoms with van der Waals surface area (Å²) in [4.78, 5) is 13.8. The molecule has 1 atom stereocenters. The Morgan fingerprint density at radius 3 is 2.62 bits per heavy atom. The van der Waals surface area contributed by atoms with Gasteiger partial charge in [-0.05, 0) is 43.1 Å². The predicted octanol–water partition coefficient (Wildman–Crippen LogP) is 3.26. The molecule has 0 bridgehead atoms. The highest BCUT2D eigenvalue weighted by atomic mass is 79.9. The van der Waals surface area contributed by atoms with Gasteiger partial charge in [0.25, 0.3) is 0 Å². The molecule has 21 heavy (non-hydrogen) atoms. The van der Waals surface area contributed by atoms with Crippen molar-refractivity contribution in [1.29, 1.82) is 0 Å². The Kier molecular flexibility index (Phi) is 5.27. The standard InChI is InChI=1S/C16H22BrNO3/c1-12(2)16(15(19)20)7-8-18(11-16)9-10-21-14-5-3-13(17)4-6-14/h3-6,12H,7-11H2,1-2H3,(H,19,20). The van der Waals surface area contributed by atoms with Crippen LogP contribution in [-0.4, -0.2) is 42.2 Å². The summed E-state index contributed by atoms with van der Waals surface area (Å²) in [6.07, 6.45) is 0.721. The largest absolute Gasteiger partial charge is 0.492 e. The van der Waals surface area contributed by atoms with Crippen LogP contribution in [0.4, 0.5) is 0 Å². The van der Waals surface area contributed by atoms with Gasteiger partial charge in [-0.25, -0.2) is 0 Å². The first kappa shape index (κ1) is 16.3. The third-order valence-electron chi connectivity index (χ3n) is 4.40. The summed E-state index contributed by atoms with van der Waals surface area (Å²) in [6.45, 7) is 6.77. The quantitative estimate of drug-likeness (QED) is 0.850. The fourth-order valence-electron chi connectivity index (χ4n) is 2.82. The Morgan fingerprint density at radius 2 is 2.10 bits per heavy atom. The van der Waals surface area contributed by atoms with Crippen LogP contribution in [0.2, 0.25) is 0 Å². The Labute approximate surface area is 134 Å². The molecule has 0 radical (unpaired) electrons. The first-order valence-electron chi connectivity index (χ1n) is 7.28. The zero-order chi connectivity index (χ0) is 15.5. The first-order chi connectivity index (χ1) is 9.94. The Bertz CT molecular complexity index is 489. The fraction of sp³-hybridized carbons (Fsp3) is 0.562. The van der Waals surface area contributed by atoms with E-state index in [0.29, 0.717) is 13.2 Å². The number of ether oxygens (including phenoxy) is 1. The Balaban J connectivity index is 1.83. The highest BCUT2D eigenvalue weighted by molar-refractivity contribution is 9.10. The fourth-order valence-corrected chi connectivity index (χ4v) is 3.09. The number of nitrogens with zero attached hydrogens (tertiary/aromatic N) is 1. The van der Waals surface area contributed by atoms with Gasteiger partial charge in [-0.15, -0.1) is 0 Å². The molecule has 0 amide bonds. The third-order valence-corrected chi connectivity index (χ3v) is 4.93. The summed E-state index contributed by atoms with van der Waals surface area (Å²) in [5, 5.41) is 9.52. The van der Waals surface area contributed by atoms with Crippen LogP contribution >= 0.6 is 15.9 Å². The smallest absolute Gasteiger partial charge is 0.311 e. The van der Waals surface area contributed by atoms with Crippen molar-refractivity contribution in [2.45, 2.75) is 20.3 Å². The number of rotatable bonds is 6. The van der Waals surface area contributed by atoms with Crippen LogP contribution in [0.1, 0.15) is 20.3 Å². The lowest BCUT2D eigenvalue weighted by molar-refractivity contribution is -0.151. The highest BCUT2D eigenvalue weighted by Gasteiger charge is 2.46. The minimum Gasteiger partial charge on any atom is -0.492 e. The molecular weight excluding hydrogens is 334 g/mol. The molecule has 1 saturated heterocycles. The van der Waals surface area contributed by atoms with Crippen LogP contribution in [0.5, 0.6) is 5.75 Å². The number of halogens is 1. The van der Waals surface area contributed by atoms with Gasteiger partial charge in [0.15, 0.2) is 0 Å². The van der Waals surface area contributed by atoms with Crippen LogP contribution in [0, 0.1) is 11.3 Å². The molecule has 1 aromatic carbocycles. The normalized spacial score (nSPS) is 22.7. The Hall–Kier alpha value is -1.07. The summed E-state index contributed by atoms with van der Waals surface area (Å²) in [6, 6.07) is 7.73. The number of carboxylic acid groups (broad SMARTS) is 1. The molecule has 1 unspecified atom stereocenters. The molecule has 0 aromatic heterocycles. The molecule has 1 aliphatic heterocycles. The van der Waals surface area contributed by atoms with Gasteiger partial charge in [-0.3, -0.25) is 9.69 Å². The lowest BCUT2D eigenvalue weighted by atomic mass is 9.76. The van der Waals surface area contributed by atoms with E-state index in [1.54, 1.807) is 0 Å². The predicted molar refractivity (Wildman–Crippen MR) is 85.6 cm³/mol. The zero-order valence-corrected chi connectivity index (χ0v) is 14.1. The summed E-state index contributed by atoms with van der Waals surface area (Å²) < 4.78 is 6.73. The van der Waals surface area contributed by atoms with Crippen molar-refractivity contribution < 1.29 is 14.6 Å². The Morgan fingerprint density at radius 1 is 1.43 bits per heavy atom. The lowest BCUT2D eigenvalue weighted by Crippen LogP contribution is -2.39. The van der Waals surface area contributed by atoms with Crippen LogP contribution < -0.4 is 4.74 Å². The first-order valence-corrected chi connectivity index (χ1v) is 8.07.